The van der Waals surface area contributed by atoms with Crippen LogP contribution >= 0.6 is 11.8 Å². The highest BCUT2D eigenvalue weighted by Gasteiger charge is 2.23. The van der Waals surface area contributed by atoms with Crippen molar-refractivity contribution in [3.05, 3.63) is 58.7 Å². The van der Waals surface area contributed by atoms with Crippen LogP contribution in [0.25, 0.3) is 0 Å². The first-order chi connectivity index (χ1) is 9.65. The van der Waals surface area contributed by atoms with Gasteiger partial charge in [-0.3, -0.25) is 0 Å². The molecular weight excluding hydrogens is 264 g/mol. The monoisotopic (exact) mass is 284 g/mol. The van der Waals surface area contributed by atoms with E-state index in [-0.39, 0.29) is 0 Å². The summed E-state index contributed by atoms with van der Waals surface area (Å²) >= 11 is 1.94. The van der Waals surface area contributed by atoms with Gasteiger partial charge in [-0.25, -0.2) is 0 Å². The van der Waals surface area contributed by atoms with Gasteiger partial charge in [0.25, 0.3) is 0 Å². The number of aryl methyl sites for hydroxylation is 2. The quantitative estimate of drug-likeness (QED) is 0.794. The minimum absolute atomic E-state index is 0.511. The second kappa shape index (κ2) is 5.53. The fourth-order valence-corrected chi connectivity index (χ4v) is 3.94. The first-order valence-corrected chi connectivity index (χ1v) is 8.06. The van der Waals surface area contributed by atoms with Crippen LogP contribution in [0.15, 0.2) is 41.3 Å². The van der Waals surface area contributed by atoms with E-state index in [0.29, 0.717) is 5.92 Å². The van der Waals surface area contributed by atoms with E-state index in [0.717, 1.165) is 18.1 Å². The Morgan fingerprint density at radius 2 is 1.95 bits per heavy atom. The lowest BCUT2D eigenvalue weighted by molar-refractivity contribution is 0.295. The number of benzene rings is 2. The SMILES string of the molecule is Cc1cc(C)c(C)c(OCC2CSc3ccccc32)c1. The summed E-state index contributed by atoms with van der Waals surface area (Å²) in [5, 5.41) is 0. The molecule has 1 unspecified atom stereocenters. The highest BCUT2D eigenvalue weighted by atomic mass is 32.2. The Balaban J connectivity index is 1.75. The summed E-state index contributed by atoms with van der Waals surface area (Å²) in [4.78, 5) is 1.42. The smallest absolute Gasteiger partial charge is 0.122 e. The van der Waals surface area contributed by atoms with Crippen molar-refractivity contribution in [2.75, 3.05) is 12.4 Å². The Bertz CT molecular complexity index is 633. The highest BCUT2D eigenvalue weighted by molar-refractivity contribution is 7.99. The average Bonchev–Trinajstić information content (AvgIpc) is 2.84. The molecule has 0 saturated carbocycles. The van der Waals surface area contributed by atoms with Crippen LogP contribution in [0, 0.1) is 20.8 Å². The lowest BCUT2D eigenvalue weighted by atomic mass is 10.0. The molecule has 0 radical (unpaired) electrons. The Hall–Kier alpha value is -1.41. The van der Waals surface area contributed by atoms with Crippen LogP contribution in [-0.4, -0.2) is 12.4 Å². The highest BCUT2D eigenvalue weighted by Crippen LogP contribution is 2.39. The predicted octanol–water partition coefficient (Wildman–Crippen LogP) is 4.88. The minimum atomic E-state index is 0.511. The van der Waals surface area contributed by atoms with Gasteiger partial charge in [0.15, 0.2) is 0 Å². The molecular formula is C18H20OS. The van der Waals surface area contributed by atoms with Crippen LogP contribution in [0.2, 0.25) is 0 Å². The second-order valence-corrected chi connectivity index (χ2v) is 6.62. The molecule has 1 aliphatic rings. The van der Waals surface area contributed by atoms with E-state index in [1.165, 1.54) is 27.1 Å². The van der Waals surface area contributed by atoms with E-state index in [1.54, 1.807) is 0 Å². The van der Waals surface area contributed by atoms with Crippen molar-refractivity contribution in [2.24, 2.45) is 0 Å². The number of thioether (sulfide) groups is 1. The first-order valence-electron chi connectivity index (χ1n) is 7.07. The zero-order valence-corrected chi connectivity index (χ0v) is 13.1. The van der Waals surface area contributed by atoms with E-state index in [2.05, 4.69) is 57.2 Å². The zero-order chi connectivity index (χ0) is 14.1. The molecule has 2 aromatic carbocycles. The van der Waals surface area contributed by atoms with Crippen molar-refractivity contribution in [2.45, 2.75) is 31.6 Å². The second-order valence-electron chi connectivity index (χ2n) is 5.56. The lowest BCUT2D eigenvalue weighted by Gasteiger charge is -2.16. The zero-order valence-electron chi connectivity index (χ0n) is 12.3. The summed E-state index contributed by atoms with van der Waals surface area (Å²) in [5.41, 5.74) is 5.28. The third-order valence-corrected chi connectivity index (χ3v) is 5.25. The summed E-state index contributed by atoms with van der Waals surface area (Å²) in [6, 6.07) is 13.0. The van der Waals surface area contributed by atoms with E-state index < -0.39 is 0 Å². The van der Waals surface area contributed by atoms with E-state index >= 15 is 0 Å². The van der Waals surface area contributed by atoms with Crippen molar-refractivity contribution in [1.29, 1.82) is 0 Å². The van der Waals surface area contributed by atoms with Gasteiger partial charge in [0.2, 0.25) is 0 Å². The molecule has 0 spiro atoms. The van der Waals surface area contributed by atoms with Gasteiger partial charge in [-0.05, 0) is 55.2 Å². The predicted molar refractivity (Wildman–Crippen MR) is 86.1 cm³/mol. The number of ether oxygens (including phenoxy) is 1. The first kappa shape index (κ1) is 13.6. The normalized spacial score (nSPS) is 17.1. The van der Waals surface area contributed by atoms with Gasteiger partial charge in [0.05, 0.1) is 6.61 Å². The molecule has 0 aromatic heterocycles. The molecule has 0 saturated heterocycles. The maximum atomic E-state index is 6.13. The van der Waals surface area contributed by atoms with Gasteiger partial charge in [-0.2, -0.15) is 0 Å². The molecule has 0 amide bonds. The Morgan fingerprint density at radius 3 is 2.80 bits per heavy atom. The fourth-order valence-electron chi connectivity index (χ4n) is 2.71. The Morgan fingerprint density at radius 1 is 1.15 bits per heavy atom. The average molecular weight is 284 g/mol. The molecule has 0 fully saturated rings. The van der Waals surface area contributed by atoms with Crippen LogP contribution in [-0.2, 0) is 0 Å². The van der Waals surface area contributed by atoms with E-state index in [4.69, 9.17) is 4.74 Å². The number of hydrogen-bond donors (Lipinski definition) is 0. The van der Waals surface area contributed by atoms with Crippen molar-refractivity contribution >= 4 is 11.8 Å². The third-order valence-electron chi connectivity index (χ3n) is 4.00. The molecule has 20 heavy (non-hydrogen) atoms. The van der Waals surface area contributed by atoms with Crippen LogP contribution in [0.5, 0.6) is 5.75 Å². The van der Waals surface area contributed by atoms with Crippen LogP contribution in [0.1, 0.15) is 28.2 Å². The van der Waals surface area contributed by atoms with Crippen molar-refractivity contribution in [3.63, 3.8) is 0 Å². The maximum absolute atomic E-state index is 6.13. The van der Waals surface area contributed by atoms with Gasteiger partial charge in [0, 0.05) is 16.6 Å². The molecule has 3 rings (SSSR count). The molecule has 104 valence electrons. The summed E-state index contributed by atoms with van der Waals surface area (Å²) in [5.74, 6) is 2.68. The fraction of sp³-hybridized carbons (Fsp3) is 0.333. The molecule has 2 heteroatoms. The number of fused-ring (bicyclic) bond motifs is 1. The maximum Gasteiger partial charge on any atom is 0.122 e. The Labute approximate surface area is 125 Å². The molecule has 1 heterocycles. The van der Waals surface area contributed by atoms with Gasteiger partial charge in [-0.15, -0.1) is 11.8 Å². The van der Waals surface area contributed by atoms with Crippen molar-refractivity contribution in [3.8, 4) is 5.75 Å². The molecule has 0 N–H and O–H groups in total. The van der Waals surface area contributed by atoms with Crippen LogP contribution in [0.4, 0.5) is 0 Å². The van der Waals surface area contributed by atoms with Gasteiger partial charge in [0.1, 0.15) is 5.75 Å². The largest absolute Gasteiger partial charge is 0.493 e. The third kappa shape index (κ3) is 2.57. The minimum Gasteiger partial charge on any atom is -0.493 e. The standard InChI is InChI=1S/C18H20OS/c1-12-8-13(2)14(3)17(9-12)19-10-15-11-20-18-7-5-4-6-16(15)18/h4-9,15H,10-11H2,1-3H3. The lowest BCUT2D eigenvalue weighted by Crippen LogP contribution is -2.10. The van der Waals surface area contributed by atoms with Crippen LogP contribution < -0.4 is 4.74 Å². The number of rotatable bonds is 3. The number of hydrogen-bond acceptors (Lipinski definition) is 2. The molecule has 2 aromatic rings. The summed E-state index contributed by atoms with van der Waals surface area (Å²) in [6.07, 6.45) is 0. The Kier molecular flexibility index (Phi) is 3.75. The van der Waals surface area contributed by atoms with Crippen molar-refractivity contribution in [1.82, 2.24) is 0 Å². The molecule has 1 aliphatic heterocycles. The molecule has 0 bridgehead atoms. The van der Waals surface area contributed by atoms with Crippen LogP contribution in [0.3, 0.4) is 0 Å². The van der Waals surface area contributed by atoms with Gasteiger partial charge < -0.3 is 4.74 Å². The van der Waals surface area contributed by atoms with E-state index in [9.17, 15) is 0 Å². The van der Waals surface area contributed by atoms with Gasteiger partial charge in [-0.1, -0.05) is 24.3 Å². The summed E-state index contributed by atoms with van der Waals surface area (Å²) in [6.45, 7) is 7.19. The van der Waals surface area contributed by atoms with Gasteiger partial charge >= 0.3 is 0 Å². The topological polar surface area (TPSA) is 9.23 Å². The molecule has 1 atom stereocenters. The molecule has 0 aliphatic carbocycles. The van der Waals surface area contributed by atoms with E-state index in [1.807, 2.05) is 11.8 Å². The summed E-state index contributed by atoms with van der Waals surface area (Å²) in [7, 11) is 0. The summed E-state index contributed by atoms with van der Waals surface area (Å²) < 4.78 is 6.13. The van der Waals surface area contributed by atoms with Crippen molar-refractivity contribution < 1.29 is 4.74 Å². The molecule has 1 nitrogen and oxygen atoms in total.